The van der Waals surface area contributed by atoms with Crippen LogP contribution in [0.25, 0.3) is 0 Å². The third-order valence-electron chi connectivity index (χ3n) is 5.10. The summed E-state index contributed by atoms with van der Waals surface area (Å²) >= 11 is 1.68. The van der Waals surface area contributed by atoms with Gasteiger partial charge in [0.15, 0.2) is 0 Å². The average molecular weight is 417 g/mol. The van der Waals surface area contributed by atoms with E-state index in [1.807, 2.05) is 17.6 Å². The Balaban J connectivity index is 0.00000121. The van der Waals surface area contributed by atoms with E-state index in [1.54, 1.807) is 11.3 Å². The predicted octanol–water partition coefficient (Wildman–Crippen LogP) is 2.80. The van der Waals surface area contributed by atoms with Crippen molar-refractivity contribution < 1.29 is 0 Å². The van der Waals surface area contributed by atoms with Gasteiger partial charge in [0.2, 0.25) is 0 Å². The average Bonchev–Trinajstić information content (AvgIpc) is 2.96. The number of nitrogens with zero attached hydrogens (tertiary/aromatic N) is 3. The van der Waals surface area contributed by atoms with Gasteiger partial charge in [-0.2, -0.15) is 0 Å². The lowest BCUT2D eigenvalue weighted by Gasteiger charge is -2.37. The summed E-state index contributed by atoms with van der Waals surface area (Å²) in [6.45, 7) is 6.37. The molecule has 144 valence electrons. The summed E-state index contributed by atoms with van der Waals surface area (Å²) < 4.78 is 2.04. The molecule has 8 heteroatoms. The normalized spacial score (nSPS) is 20.9. The fourth-order valence-corrected chi connectivity index (χ4v) is 4.86. The SMILES string of the molecule is Cc1csc(CN(C)Cc2ccc3n(c2=O)C[C@@H]2CNC[C@H]3C2)n1.Cl.Cl. The number of hydrogen-bond donors (Lipinski definition) is 1. The van der Waals surface area contributed by atoms with Crippen LogP contribution in [0.4, 0.5) is 0 Å². The number of rotatable bonds is 4. The Hall–Kier alpha value is -0.920. The molecule has 1 fully saturated rings. The van der Waals surface area contributed by atoms with Crippen molar-refractivity contribution in [2.24, 2.45) is 5.92 Å². The van der Waals surface area contributed by atoms with Crippen LogP contribution in [0.2, 0.25) is 0 Å². The molecule has 2 aromatic heterocycles. The number of halogens is 2. The van der Waals surface area contributed by atoms with Gasteiger partial charge in [0.05, 0.1) is 6.54 Å². The fraction of sp³-hybridized carbons (Fsp3) is 0.556. The largest absolute Gasteiger partial charge is 0.316 e. The van der Waals surface area contributed by atoms with E-state index < -0.39 is 0 Å². The smallest absolute Gasteiger partial charge is 0.255 e. The molecule has 0 saturated carbocycles. The number of thiazole rings is 1. The number of hydrogen-bond acceptors (Lipinski definition) is 5. The molecule has 4 heterocycles. The van der Waals surface area contributed by atoms with Crippen LogP contribution in [-0.4, -0.2) is 34.6 Å². The number of pyridine rings is 1. The molecule has 5 nitrogen and oxygen atoms in total. The van der Waals surface area contributed by atoms with Crippen molar-refractivity contribution in [1.82, 2.24) is 19.8 Å². The standard InChI is InChI=1S/C18H24N4OS.2ClH/c1-12-11-24-17(20-12)10-21(2)9-14-3-4-16-15-5-13(6-19-7-15)8-22(16)18(14)23;;/h3-4,11,13,15,19H,5-10H2,1-2H3;2*1H/t13-,15+;;/m0../s1. The Morgan fingerprint density at radius 3 is 2.85 bits per heavy atom. The lowest BCUT2D eigenvalue weighted by molar-refractivity contribution is 0.254. The molecule has 1 N–H and O–H groups in total. The second kappa shape index (κ2) is 8.85. The summed E-state index contributed by atoms with van der Waals surface area (Å²) in [5.74, 6) is 1.09. The Kier molecular flexibility index (Phi) is 7.27. The number of aromatic nitrogens is 2. The first-order valence-electron chi connectivity index (χ1n) is 8.63. The molecule has 0 unspecified atom stereocenters. The van der Waals surface area contributed by atoms with Gasteiger partial charge in [0, 0.05) is 47.9 Å². The van der Waals surface area contributed by atoms with E-state index in [-0.39, 0.29) is 30.4 Å². The maximum Gasteiger partial charge on any atom is 0.255 e. The van der Waals surface area contributed by atoms with Gasteiger partial charge in [0.25, 0.3) is 5.56 Å². The van der Waals surface area contributed by atoms with Crippen molar-refractivity contribution >= 4 is 36.2 Å². The summed E-state index contributed by atoms with van der Waals surface area (Å²) in [6.07, 6.45) is 1.22. The molecule has 0 radical (unpaired) electrons. The lowest BCUT2D eigenvalue weighted by Crippen LogP contribution is -2.45. The van der Waals surface area contributed by atoms with E-state index in [1.165, 1.54) is 12.1 Å². The van der Waals surface area contributed by atoms with Crippen molar-refractivity contribution in [2.75, 3.05) is 20.1 Å². The highest BCUT2D eigenvalue weighted by atomic mass is 35.5. The molecule has 4 rings (SSSR count). The highest BCUT2D eigenvalue weighted by Crippen LogP contribution is 2.31. The first-order valence-corrected chi connectivity index (χ1v) is 9.51. The van der Waals surface area contributed by atoms with Crippen LogP contribution < -0.4 is 10.9 Å². The van der Waals surface area contributed by atoms with Crippen LogP contribution in [0.3, 0.4) is 0 Å². The predicted molar refractivity (Wildman–Crippen MR) is 111 cm³/mol. The zero-order valence-electron chi connectivity index (χ0n) is 15.1. The third-order valence-corrected chi connectivity index (χ3v) is 6.05. The molecule has 0 amide bonds. The summed E-state index contributed by atoms with van der Waals surface area (Å²) in [4.78, 5) is 19.6. The number of fused-ring (bicyclic) bond motifs is 4. The molecule has 0 aliphatic carbocycles. The molecule has 2 bridgehead atoms. The van der Waals surface area contributed by atoms with Crippen LogP contribution in [0.1, 0.15) is 34.3 Å². The van der Waals surface area contributed by atoms with Gasteiger partial charge in [-0.25, -0.2) is 4.98 Å². The van der Waals surface area contributed by atoms with Gasteiger partial charge in [-0.15, -0.1) is 36.2 Å². The molecule has 2 aliphatic rings. The quantitative estimate of drug-likeness (QED) is 0.832. The van der Waals surface area contributed by atoms with Crippen molar-refractivity contribution in [3.8, 4) is 0 Å². The monoisotopic (exact) mass is 416 g/mol. The fourth-order valence-electron chi connectivity index (χ4n) is 4.01. The van der Waals surface area contributed by atoms with E-state index in [4.69, 9.17) is 0 Å². The molecule has 1 saturated heterocycles. The van der Waals surface area contributed by atoms with Crippen LogP contribution in [0.15, 0.2) is 22.3 Å². The van der Waals surface area contributed by atoms with E-state index in [0.717, 1.165) is 42.4 Å². The van der Waals surface area contributed by atoms with Crippen molar-refractivity contribution in [2.45, 2.75) is 38.9 Å². The molecule has 2 atom stereocenters. The molecule has 0 spiro atoms. The zero-order valence-corrected chi connectivity index (χ0v) is 17.6. The van der Waals surface area contributed by atoms with Gasteiger partial charge in [-0.3, -0.25) is 9.69 Å². The first kappa shape index (κ1) is 21.4. The summed E-state index contributed by atoms with van der Waals surface area (Å²) in [6, 6.07) is 4.21. The van der Waals surface area contributed by atoms with E-state index in [2.05, 4.69) is 33.7 Å². The molecule has 0 aromatic carbocycles. The van der Waals surface area contributed by atoms with Crippen LogP contribution in [0.5, 0.6) is 0 Å². The summed E-state index contributed by atoms with van der Waals surface area (Å²) in [5.41, 5.74) is 3.37. The first-order chi connectivity index (χ1) is 11.6. The zero-order chi connectivity index (χ0) is 16.7. The molecular formula is C18H26Cl2N4OS. The van der Waals surface area contributed by atoms with E-state index >= 15 is 0 Å². The van der Waals surface area contributed by atoms with Crippen molar-refractivity contribution in [3.63, 3.8) is 0 Å². The second-order valence-electron chi connectivity index (χ2n) is 7.21. The van der Waals surface area contributed by atoms with E-state index in [9.17, 15) is 4.79 Å². The minimum atomic E-state index is 0. The topological polar surface area (TPSA) is 50.2 Å². The summed E-state index contributed by atoms with van der Waals surface area (Å²) in [5, 5.41) is 6.67. The number of piperidine rings is 1. The molecule has 2 aliphatic heterocycles. The minimum Gasteiger partial charge on any atom is -0.316 e. The van der Waals surface area contributed by atoms with Crippen LogP contribution in [0, 0.1) is 12.8 Å². The van der Waals surface area contributed by atoms with Crippen molar-refractivity contribution in [1.29, 1.82) is 0 Å². The number of nitrogens with one attached hydrogen (secondary N) is 1. The lowest BCUT2D eigenvalue weighted by atomic mass is 9.84. The van der Waals surface area contributed by atoms with Crippen molar-refractivity contribution in [3.05, 3.63) is 49.8 Å². The summed E-state index contributed by atoms with van der Waals surface area (Å²) in [7, 11) is 2.05. The van der Waals surface area contributed by atoms with Gasteiger partial charge < -0.3 is 9.88 Å². The molecule has 26 heavy (non-hydrogen) atoms. The van der Waals surface area contributed by atoms with Gasteiger partial charge in [-0.05, 0) is 38.9 Å². The molecule has 2 aromatic rings. The van der Waals surface area contributed by atoms with Gasteiger partial charge >= 0.3 is 0 Å². The van der Waals surface area contributed by atoms with Crippen LogP contribution >= 0.6 is 36.2 Å². The Morgan fingerprint density at radius 2 is 2.12 bits per heavy atom. The van der Waals surface area contributed by atoms with Crippen LogP contribution in [-0.2, 0) is 19.6 Å². The third kappa shape index (κ3) is 4.31. The Bertz CT molecular complexity index is 807. The minimum absolute atomic E-state index is 0. The Labute approximate surface area is 170 Å². The highest BCUT2D eigenvalue weighted by molar-refractivity contribution is 7.09. The Morgan fingerprint density at radius 1 is 1.31 bits per heavy atom. The second-order valence-corrected chi connectivity index (χ2v) is 8.15. The van der Waals surface area contributed by atoms with Gasteiger partial charge in [-0.1, -0.05) is 6.07 Å². The maximum atomic E-state index is 12.9. The van der Waals surface area contributed by atoms with E-state index in [0.29, 0.717) is 18.4 Å². The molecular weight excluding hydrogens is 391 g/mol. The number of aryl methyl sites for hydroxylation is 1. The highest BCUT2D eigenvalue weighted by Gasteiger charge is 2.31. The maximum absolute atomic E-state index is 12.9. The van der Waals surface area contributed by atoms with Gasteiger partial charge in [0.1, 0.15) is 5.01 Å².